The standard InChI is InChI=1S/C21H23N3O3S2/c1-3-24(21-22-19-15(2)8-6-11-18(19)28-21)20(25)16-9-7-10-17(14-16)29(26,27)23-12-4-5-13-23/h6-11,14H,3-5,12-13H2,1-2H3. The summed E-state index contributed by atoms with van der Waals surface area (Å²) in [5.74, 6) is -0.248. The van der Waals surface area contributed by atoms with Crippen molar-refractivity contribution in [3.8, 4) is 0 Å². The van der Waals surface area contributed by atoms with Gasteiger partial charge in [-0.05, 0) is 56.5 Å². The lowest BCUT2D eigenvalue weighted by Gasteiger charge is -2.19. The van der Waals surface area contributed by atoms with E-state index in [4.69, 9.17) is 0 Å². The second-order valence-electron chi connectivity index (χ2n) is 7.11. The molecule has 152 valence electrons. The van der Waals surface area contributed by atoms with Gasteiger partial charge in [0, 0.05) is 25.2 Å². The number of para-hydroxylation sites is 1. The molecule has 2 aromatic carbocycles. The van der Waals surface area contributed by atoms with Crippen LogP contribution in [0, 0.1) is 6.92 Å². The summed E-state index contributed by atoms with van der Waals surface area (Å²) in [6.45, 7) is 5.40. The highest BCUT2D eigenvalue weighted by Crippen LogP contribution is 2.31. The molecule has 1 aliphatic heterocycles. The average molecular weight is 430 g/mol. The summed E-state index contributed by atoms with van der Waals surface area (Å²) >= 11 is 1.46. The number of aryl methyl sites for hydroxylation is 1. The van der Waals surface area contributed by atoms with E-state index in [1.165, 1.54) is 21.7 Å². The van der Waals surface area contributed by atoms with Crippen LogP contribution < -0.4 is 4.90 Å². The van der Waals surface area contributed by atoms with Gasteiger partial charge in [0.15, 0.2) is 5.13 Å². The predicted octanol–water partition coefficient (Wildman–Crippen LogP) is 4.06. The van der Waals surface area contributed by atoms with Crippen molar-refractivity contribution < 1.29 is 13.2 Å². The van der Waals surface area contributed by atoms with E-state index in [0.29, 0.717) is 30.3 Å². The monoisotopic (exact) mass is 429 g/mol. The van der Waals surface area contributed by atoms with Crippen molar-refractivity contribution in [3.63, 3.8) is 0 Å². The number of benzene rings is 2. The highest BCUT2D eigenvalue weighted by molar-refractivity contribution is 7.89. The molecule has 29 heavy (non-hydrogen) atoms. The molecule has 8 heteroatoms. The molecule has 1 aliphatic rings. The Kier molecular flexibility index (Phi) is 5.42. The Morgan fingerprint density at radius 3 is 2.59 bits per heavy atom. The number of carbonyl (C=O) groups excluding carboxylic acids is 1. The maximum atomic E-state index is 13.2. The Bertz CT molecular complexity index is 1160. The molecule has 3 aromatic rings. The molecule has 0 saturated carbocycles. The zero-order valence-electron chi connectivity index (χ0n) is 16.5. The number of sulfonamides is 1. The first-order valence-corrected chi connectivity index (χ1v) is 12.0. The number of fused-ring (bicyclic) bond motifs is 1. The summed E-state index contributed by atoms with van der Waals surface area (Å²) in [5.41, 5.74) is 2.31. The van der Waals surface area contributed by atoms with Crippen LogP contribution in [0.4, 0.5) is 5.13 Å². The number of aromatic nitrogens is 1. The first-order valence-electron chi connectivity index (χ1n) is 9.70. The van der Waals surface area contributed by atoms with Gasteiger partial charge in [-0.25, -0.2) is 13.4 Å². The Morgan fingerprint density at radius 2 is 1.90 bits per heavy atom. The van der Waals surface area contributed by atoms with Gasteiger partial charge in [0.2, 0.25) is 10.0 Å². The molecule has 0 bridgehead atoms. The van der Waals surface area contributed by atoms with Crippen molar-refractivity contribution in [2.45, 2.75) is 31.6 Å². The fraction of sp³-hybridized carbons (Fsp3) is 0.333. The Balaban J connectivity index is 1.68. The second kappa shape index (κ2) is 7.85. The molecule has 0 unspecified atom stereocenters. The molecule has 0 N–H and O–H groups in total. The maximum Gasteiger partial charge on any atom is 0.260 e. The van der Waals surface area contributed by atoms with Crippen LogP contribution in [0.5, 0.6) is 0 Å². The van der Waals surface area contributed by atoms with Crippen molar-refractivity contribution in [1.29, 1.82) is 0 Å². The van der Waals surface area contributed by atoms with Gasteiger partial charge in [-0.2, -0.15) is 4.31 Å². The smallest absolute Gasteiger partial charge is 0.260 e. The van der Waals surface area contributed by atoms with Gasteiger partial charge < -0.3 is 0 Å². The maximum absolute atomic E-state index is 13.2. The van der Waals surface area contributed by atoms with Gasteiger partial charge >= 0.3 is 0 Å². The van der Waals surface area contributed by atoms with Crippen LogP contribution in [0.25, 0.3) is 10.2 Å². The van der Waals surface area contributed by atoms with Crippen LogP contribution in [0.2, 0.25) is 0 Å². The normalized spacial score (nSPS) is 15.1. The number of thiazole rings is 1. The SMILES string of the molecule is CCN(C(=O)c1cccc(S(=O)(=O)N2CCCC2)c1)c1nc2c(C)cccc2s1. The minimum Gasteiger partial charge on any atom is -0.284 e. The Morgan fingerprint density at radius 1 is 1.17 bits per heavy atom. The van der Waals surface area contributed by atoms with Gasteiger partial charge in [0.25, 0.3) is 5.91 Å². The van der Waals surface area contributed by atoms with Gasteiger partial charge in [0.1, 0.15) is 0 Å². The van der Waals surface area contributed by atoms with Crippen LogP contribution in [-0.4, -0.2) is 43.2 Å². The summed E-state index contributed by atoms with van der Waals surface area (Å²) in [5, 5.41) is 0.620. The topological polar surface area (TPSA) is 70.6 Å². The number of amides is 1. The molecule has 2 heterocycles. The summed E-state index contributed by atoms with van der Waals surface area (Å²) < 4.78 is 28.2. The molecular formula is C21H23N3O3S2. The summed E-state index contributed by atoms with van der Waals surface area (Å²) in [6.07, 6.45) is 1.75. The first kappa shape index (κ1) is 20.0. The Labute approximate surface area is 174 Å². The number of hydrogen-bond donors (Lipinski definition) is 0. The second-order valence-corrected chi connectivity index (χ2v) is 10.1. The van der Waals surface area contributed by atoms with Crippen molar-refractivity contribution in [2.75, 3.05) is 24.5 Å². The molecule has 1 aromatic heterocycles. The van der Waals surface area contributed by atoms with Crippen molar-refractivity contribution in [1.82, 2.24) is 9.29 Å². The number of rotatable bonds is 5. The minimum absolute atomic E-state index is 0.168. The first-order chi connectivity index (χ1) is 13.9. The minimum atomic E-state index is -3.57. The molecule has 0 spiro atoms. The van der Waals surface area contributed by atoms with Crippen LogP contribution in [0.1, 0.15) is 35.7 Å². The van der Waals surface area contributed by atoms with E-state index in [9.17, 15) is 13.2 Å². The lowest BCUT2D eigenvalue weighted by Crippen LogP contribution is -2.31. The van der Waals surface area contributed by atoms with E-state index in [-0.39, 0.29) is 10.8 Å². The van der Waals surface area contributed by atoms with Crippen LogP contribution in [0.15, 0.2) is 47.4 Å². The molecule has 1 fully saturated rings. The number of anilines is 1. The van der Waals surface area contributed by atoms with Gasteiger partial charge in [-0.1, -0.05) is 29.5 Å². The average Bonchev–Trinajstić information content (AvgIpc) is 3.40. The fourth-order valence-corrected chi connectivity index (χ4v) is 6.25. The lowest BCUT2D eigenvalue weighted by atomic mass is 10.2. The largest absolute Gasteiger partial charge is 0.284 e. The van der Waals surface area contributed by atoms with E-state index >= 15 is 0 Å². The molecular weight excluding hydrogens is 406 g/mol. The van der Waals surface area contributed by atoms with Gasteiger partial charge in [-0.3, -0.25) is 9.69 Å². The summed E-state index contributed by atoms with van der Waals surface area (Å²) in [4.78, 5) is 19.7. The number of hydrogen-bond acceptors (Lipinski definition) is 5. The van der Waals surface area contributed by atoms with E-state index in [0.717, 1.165) is 28.6 Å². The quantitative estimate of drug-likeness (QED) is 0.613. The van der Waals surface area contributed by atoms with E-state index in [1.807, 2.05) is 32.0 Å². The van der Waals surface area contributed by atoms with Crippen LogP contribution in [0.3, 0.4) is 0 Å². The molecule has 4 rings (SSSR count). The molecule has 0 atom stereocenters. The van der Waals surface area contributed by atoms with Gasteiger partial charge in [-0.15, -0.1) is 0 Å². The third-order valence-electron chi connectivity index (χ3n) is 5.19. The molecule has 6 nitrogen and oxygen atoms in total. The molecule has 0 radical (unpaired) electrons. The number of nitrogens with zero attached hydrogens (tertiary/aromatic N) is 3. The molecule has 1 saturated heterocycles. The third kappa shape index (κ3) is 3.68. The van der Waals surface area contributed by atoms with Crippen molar-refractivity contribution in [2.24, 2.45) is 0 Å². The van der Waals surface area contributed by atoms with Crippen molar-refractivity contribution >= 4 is 42.6 Å². The highest BCUT2D eigenvalue weighted by Gasteiger charge is 2.28. The summed E-state index contributed by atoms with van der Waals surface area (Å²) in [6, 6.07) is 12.3. The highest BCUT2D eigenvalue weighted by atomic mass is 32.2. The van der Waals surface area contributed by atoms with E-state index < -0.39 is 10.0 Å². The van der Waals surface area contributed by atoms with Crippen molar-refractivity contribution in [3.05, 3.63) is 53.6 Å². The molecule has 0 aliphatic carbocycles. The van der Waals surface area contributed by atoms with Gasteiger partial charge in [0.05, 0.1) is 15.1 Å². The molecule has 1 amide bonds. The summed E-state index contributed by atoms with van der Waals surface area (Å²) in [7, 11) is -3.57. The predicted molar refractivity (Wildman–Crippen MR) is 116 cm³/mol. The zero-order chi connectivity index (χ0) is 20.6. The van der Waals surface area contributed by atoms with Crippen LogP contribution >= 0.6 is 11.3 Å². The van der Waals surface area contributed by atoms with E-state index in [2.05, 4.69) is 4.98 Å². The van der Waals surface area contributed by atoms with Crippen LogP contribution in [-0.2, 0) is 10.0 Å². The Hall–Kier alpha value is -2.29. The lowest BCUT2D eigenvalue weighted by molar-refractivity contribution is 0.0988. The van der Waals surface area contributed by atoms with E-state index in [1.54, 1.807) is 23.1 Å². The fourth-order valence-electron chi connectivity index (χ4n) is 3.58. The third-order valence-corrected chi connectivity index (χ3v) is 8.12. The number of carbonyl (C=O) groups is 1. The zero-order valence-corrected chi connectivity index (χ0v) is 18.1.